The topological polar surface area (TPSA) is 103 Å². The summed E-state index contributed by atoms with van der Waals surface area (Å²) in [6.45, 7) is 0.917. The van der Waals surface area contributed by atoms with Gasteiger partial charge in [-0.15, -0.1) is 15.3 Å². The molecule has 0 fully saturated rings. The van der Waals surface area contributed by atoms with Crippen LogP contribution >= 0.6 is 11.6 Å². The van der Waals surface area contributed by atoms with E-state index in [0.29, 0.717) is 35.6 Å². The molecule has 0 unspecified atom stereocenters. The molecule has 0 radical (unpaired) electrons. The van der Waals surface area contributed by atoms with Crippen molar-refractivity contribution in [3.63, 3.8) is 0 Å². The third kappa shape index (κ3) is 6.83. The number of hydrogen-bond donors (Lipinski definition) is 1. The molecule has 9 nitrogen and oxygen atoms in total. The fourth-order valence-corrected chi connectivity index (χ4v) is 4.32. The SMILES string of the molecule is Clc1ccc(Cn2cc(COc3ccc(/C=N/Nc4nnc(-c5ccccc5)c(-c5ccccc5)n4)cc3)nn2)cc1. The number of nitrogens with one attached hydrogen (secondary N) is 1. The van der Waals surface area contributed by atoms with Crippen molar-refractivity contribution in [2.45, 2.75) is 13.2 Å². The van der Waals surface area contributed by atoms with Crippen LogP contribution in [-0.2, 0) is 13.2 Å². The monoisotopic (exact) mass is 572 g/mol. The van der Waals surface area contributed by atoms with Crippen molar-refractivity contribution in [2.24, 2.45) is 5.10 Å². The van der Waals surface area contributed by atoms with Crippen LogP contribution in [0.15, 0.2) is 120 Å². The Morgan fingerprint density at radius 2 is 1.45 bits per heavy atom. The van der Waals surface area contributed by atoms with E-state index in [2.05, 4.69) is 31.0 Å². The minimum absolute atomic E-state index is 0.300. The zero-order chi connectivity index (χ0) is 28.6. The third-order valence-electron chi connectivity index (χ3n) is 6.27. The number of halogens is 1. The molecule has 0 atom stereocenters. The molecule has 2 heterocycles. The van der Waals surface area contributed by atoms with Crippen molar-refractivity contribution in [2.75, 3.05) is 5.43 Å². The molecule has 6 rings (SSSR count). The Balaban J connectivity index is 1.06. The van der Waals surface area contributed by atoms with Crippen LogP contribution in [0.5, 0.6) is 5.75 Å². The molecule has 0 aliphatic carbocycles. The van der Waals surface area contributed by atoms with Gasteiger partial charge in [0.25, 0.3) is 5.95 Å². The van der Waals surface area contributed by atoms with Gasteiger partial charge < -0.3 is 4.74 Å². The summed E-state index contributed by atoms with van der Waals surface area (Å²) in [4.78, 5) is 4.71. The maximum atomic E-state index is 5.96. The smallest absolute Gasteiger partial charge is 0.263 e. The predicted molar refractivity (Wildman–Crippen MR) is 163 cm³/mol. The van der Waals surface area contributed by atoms with E-state index in [-0.39, 0.29) is 0 Å². The second kappa shape index (κ2) is 12.8. The molecular formula is C32H25ClN8O. The van der Waals surface area contributed by atoms with Gasteiger partial charge in [0.2, 0.25) is 0 Å². The molecule has 6 aromatic rings. The number of hydrogen-bond acceptors (Lipinski definition) is 8. The molecule has 0 spiro atoms. The van der Waals surface area contributed by atoms with Gasteiger partial charge in [-0.25, -0.2) is 15.1 Å². The summed E-state index contributed by atoms with van der Waals surface area (Å²) in [5.41, 5.74) is 8.91. The van der Waals surface area contributed by atoms with Crippen LogP contribution in [0.3, 0.4) is 0 Å². The highest BCUT2D eigenvalue weighted by Gasteiger charge is 2.13. The number of nitrogens with zero attached hydrogens (tertiary/aromatic N) is 7. The Labute approximate surface area is 247 Å². The lowest BCUT2D eigenvalue weighted by Gasteiger charge is -2.09. The summed E-state index contributed by atoms with van der Waals surface area (Å²) in [7, 11) is 0. The second-order valence-electron chi connectivity index (χ2n) is 9.33. The molecule has 0 saturated carbocycles. The average molecular weight is 573 g/mol. The first-order valence-electron chi connectivity index (χ1n) is 13.2. The number of anilines is 1. The van der Waals surface area contributed by atoms with Crippen LogP contribution in [0.4, 0.5) is 5.95 Å². The van der Waals surface area contributed by atoms with E-state index in [1.165, 1.54) is 0 Å². The van der Waals surface area contributed by atoms with Gasteiger partial charge in [0.05, 0.1) is 19.0 Å². The van der Waals surface area contributed by atoms with Gasteiger partial charge in [-0.3, -0.25) is 0 Å². The molecule has 2 aromatic heterocycles. The van der Waals surface area contributed by atoms with E-state index in [1.54, 1.807) is 10.9 Å². The summed E-state index contributed by atoms with van der Waals surface area (Å²) in [5, 5.41) is 22.1. The van der Waals surface area contributed by atoms with Crippen LogP contribution in [0.1, 0.15) is 16.8 Å². The molecule has 0 saturated heterocycles. The van der Waals surface area contributed by atoms with Crippen molar-refractivity contribution < 1.29 is 4.74 Å². The van der Waals surface area contributed by atoms with Crippen molar-refractivity contribution in [1.29, 1.82) is 0 Å². The van der Waals surface area contributed by atoms with Crippen molar-refractivity contribution >= 4 is 23.8 Å². The maximum absolute atomic E-state index is 5.96. The highest BCUT2D eigenvalue weighted by molar-refractivity contribution is 6.30. The normalized spacial score (nSPS) is 11.1. The molecule has 42 heavy (non-hydrogen) atoms. The fourth-order valence-electron chi connectivity index (χ4n) is 4.19. The Hall–Kier alpha value is -5.41. The van der Waals surface area contributed by atoms with E-state index in [1.807, 2.05) is 115 Å². The highest BCUT2D eigenvalue weighted by atomic mass is 35.5. The maximum Gasteiger partial charge on any atom is 0.263 e. The second-order valence-corrected chi connectivity index (χ2v) is 9.76. The molecule has 206 valence electrons. The minimum atomic E-state index is 0.300. The zero-order valence-electron chi connectivity index (χ0n) is 22.4. The third-order valence-corrected chi connectivity index (χ3v) is 6.52. The summed E-state index contributed by atoms with van der Waals surface area (Å²) >= 11 is 5.96. The summed E-state index contributed by atoms with van der Waals surface area (Å²) in [5.74, 6) is 1.01. The van der Waals surface area contributed by atoms with Crippen LogP contribution in [0, 0.1) is 0 Å². The van der Waals surface area contributed by atoms with Gasteiger partial charge in [0.1, 0.15) is 29.4 Å². The van der Waals surface area contributed by atoms with Gasteiger partial charge in [0.15, 0.2) is 0 Å². The van der Waals surface area contributed by atoms with E-state index >= 15 is 0 Å². The first-order chi connectivity index (χ1) is 20.7. The fraction of sp³-hybridized carbons (Fsp3) is 0.0625. The quantitative estimate of drug-likeness (QED) is 0.147. The molecular weight excluding hydrogens is 548 g/mol. The van der Waals surface area contributed by atoms with E-state index in [9.17, 15) is 0 Å². The first kappa shape index (κ1) is 26.8. The molecule has 4 aromatic carbocycles. The number of benzene rings is 4. The Morgan fingerprint density at radius 3 is 2.17 bits per heavy atom. The molecule has 0 aliphatic rings. The summed E-state index contributed by atoms with van der Waals surface area (Å²) in [6.07, 6.45) is 3.55. The molecule has 1 N–H and O–H groups in total. The van der Waals surface area contributed by atoms with Crippen LogP contribution < -0.4 is 10.2 Å². The first-order valence-corrected chi connectivity index (χ1v) is 13.6. The van der Waals surface area contributed by atoms with E-state index < -0.39 is 0 Å². The standard InChI is InChI=1S/C32H25ClN8O/c33-27-15-11-24(12-16-27)20-41-21-28(36-40-41)22-42-29-17-13-23(14-18-29)19-34-38-32-35-30(25-7-3-1-4-8-25)31(37-39-32)26-9-5-2-6-10-26/h1-19,21H,20,22H2,(H,35,38,39)/b34-19+. The number of hydrazone groups is 1. The molecule has 0 aliphatic heterocycles. The lowest BCUT2D eigenvalue weighted by atomic mass is 10.0. The predicted octanol–water partition coefficient (Wildman–Crippen LogP) is 6.52. The van der Waals surface area contributed by atoms with Crippen LogP contribution in [0.2, 0.25) is 5.02 Å². The van der Waals surface area contributed by atoms with Gasteiger partial charge in [-0.1, -0.05) is 89.6 Å². The van der Waals surface area contributed by atoms with E-state index in [0.717, 1.165) is 33.6 Å². The minimum Gasteiger partial charge on any atom is -0.487 e. The zero-order valence-corrected chi connectivity index (χ0v) is 23.1. The summed E-state index contributed by atoms with van der Waals surface area (Å²) < 4.78 is 7.65. The number of aromatic nitrogens is 6. The van der Waals surface area contributed by atoms with Gasteiger partial charge in [-0.05, 0) is 47.5 Å². The van der Waals surface area contributed by atoms with E-state index in [4.69, 9.17) is 21.3 Å². The largest absolute Gasteiger partial charge is 0.487 e. The van der Waals surface area contributed by atoms with Crippen LogP contribution in [0.25, 0.3) is 22.5 Å². The lowest BCUT2D eigenvalue weighted by Crippen LogP contribution is -2.03. The Morgan fingerprint density at radius 1 is 0.762 bits per heavy atom. The number of rotatable bonds is 10. The van der Waals surface area contributed by atoms with Gasteiger partial charge >= 0.3 is 0 Å². The Bertz CT molecular complexity index is 1770. The van der Waals surface area contributed by atoms with Crippen molar-refractivity contribution in [1.82, 2.24) is 30.2 Å². The molecule has 0 bridgehead atoms. The van der Waals surface area contributed by atoms with Crippen LogP contribution in [-0.4, -0.2) is 36.4 Å². The van der Waals surface area contributed by atoms with Gasteiger partial charge in [0, 0.05) is 16.1 Å². The van der Waals surface area contributed by atoms with Crippen molar-refractivity contribution in [3.8, 4) is 28.3 Å². The van der Waals surface area contributed by atoms with Crippen molar-refractivity contribution in [3.05, 3.63) is 137 Å². The highest BCUT2D eigenvalue weighted by Crippen LogP contribution is 2.28. The summed E-state index contributed by atoms with van der Waals surface area (Å²) in [6, 6.07) is 35.0. The molecule has 10 heteroatoms. The Kier molecular flexibility index (Phi) is 8.19. The average Bonchev–Trinajstić information content (AvgIpc) is 3.50. The lowest BCUT2D eigenvalue weighted by molar-refractivity contribution is 0.301. The molecule has 0 amide bonds. The number of ether oxygens (including phenoxy) is 1. The van der Waals surface area contributed by atoms with Gasteiger partial charge in [-0.2, -0.15) is 5.10 Å².